The monoisotopic (exact) mass is 746 g/mol. The van der Waals surface area contributed by atoms with E-state index >= 15 is 0 Å². The van der Waals surface area contributed by atoms with Gasteiger partial charge < -0.3 is 25.0 Å². The van der Waals surface area contributed by atoms with E-state index in [9.17, 15) is 18.3 Å². The Morgan fingerprint density at radius 1 is 1.13 bits per heavy atom. The third-order valence-corrected chi connectivity index (χ3v) is 12.1. The highest BCUT2D eigenvalue weighted by Gasteiger charge is 2.39. The molecule has 3 unspecified atom stereocenters. The smallest absolute Gasteiger partial charge is 0.261 e. The molecule has 4 heterocycles. The highest BCUT2D eigenvalue weighted by molar-refractivity contribution is 7.91. The van der Waals surface area contributed by atoms with Gasteiger partial charge in [-0.05, 0) is 94.0 Å². The lowest BCUT2D eigenvalue weighted by molar-refractivity contribution is -0.128. The Hall–Kier alpha value is -4.30. The first kappa shape index (κ1) is 38.4. The summed E-state index contributed by atoms with van der Waals surface area (Å²) in [4.78, 5) is 23.1. The number of aliphatic hydroxyl groups excluding tert-OH is 1. The molecule has 1 aromatic heterocycles. The second-order valence-corrected chi connectivity index (χ2v) is 18.5. The molecular formula is C39H54N8O5S. The lowest BCUT2D eigenvalue weighted by Crippen LogP contribution is -2.49. The molecule has 286 valence electrons. The van der Waals surface area contributed by atoms with Gasteiger partial charge in [0.1, 0.15) is 11.5 Å². The van der Waals surface area contributed by atoms with Gasteiger partial charge in [-0.3, -0.25) is 4.79 Å². The van der Waals surface area contributed by atoms with E-state index in [1.54, 1.807) is 4.68 Å². The average Bonchev–Trinajstić information content (AvgIpc) is 3.66. The molecule has 0 spiro atoms. The van der Waals surface area contributed by atoms with Gasteiger partial charge in [0.25, 0.3) is 5.91 Å². The first-order chi connectivity index (χ1) is 24.9. The number of carbonyl (C=O) groups excluding carboxylic acids is 1. The van der Waals surface area contributed by atoms with Crippen molar-refractivity contribution in [3.05, 3.63) is 59.2 Å². The summed E-state index contributed by atoms with van der Waals surface area (Å²) in [7, 11) is -2.97. The number of benzene rings is 2. The quantitative estimate of drug-likeness (QED) is 0.280. The number of nitrogens with zero attached hydrogens (tertiary/aromatic N) is 7. The molecule has 3 atom stereocenters. The SMILES string of the molecule is CCC(Oc1ccc(N2CCS(=O)(=O)CC2)cc1)C(=O)NC(C)c1nnc2n1N=C(C(C)(C)C)/C2=N/c1cc2c(cc1C)N(CCO)C(C)(C)CC2C. The first-order valence-electron chi connectivity index (χ1n) is 18.6. The van der Waals surface area contributed by atoms with Crippen LogP contribution in [0, 0.1) is 12.3 Å². The molecule has 0 bridgehead atoms. The molecule has 2 aromatic carbocycles. The van der Waals surface area contributed by atoms with Crippen molar-refractivity contribution in [1.29, 1.82) is 0 Å². The maximum absolute atomic E-state index is 13.5. The largest absolute Gasteiger partial charge is 0.481 e. The number of aliphatic imine (C=N–C) groups is 1. The number of fused-ring (bicyclic) bond motifs is 2. The number of hydrogen-bond acceptors (Lipinski definition) is 11. The van der Waals surface area contributed by atoms with Gasteiger partial charge in [0.2, 0.25) is 5.82 Å². The van der Waals surface area contributed by atoms with E-state index in [0.29, 0.717) is 55.1 Å². The second-order valence-electron chi connectivity index (χ2n) is 16.2. The normalized spacial score (nSPS) is 21.1. The maximum atomic E-state index is 13.5. The minimum atomic E-state index is -2.97. The summed E-state index contributed by atoms with van der Waals surface area (Å²) < 4.78 is 31.5. The summed E-state index contributed by atoms with van der Waals surface area (Å²) in [6.45, 7) is 20.4. The van der Waals surface area contributed by atoms with Crippen LogP contribution in [0.5, 0.6) is 5.75 Å². The molecule has 3 aromatic rings. The number of β-amino-alcohol motifs (C(OH)–C–C–N with tert-alkyl or cyclic N) is 1. The lowest BCUT2D eigenvalue weighted by Gasteiger charge is -2.47. The molecule has 14 heteroatoms. The van der Waals surface area contributed by atoms with Crippen molar-refractivity contribution in [3.8, 4) is 5.75 Å². The number of rotatable bonds is 10. The Labute approximate surface area is 313 Å². The number of sulfone groups is 1. The third-order valence-electron chi connectivity index (χ3n) is 10.5. The fourth-order valence-corrected chi connectivity index (χ4v) is 8.82. The highest BCUT2D eigenvalue weighted by Crippen LogP contribution is 2.46. The Bertz CT molecular complexity index is 2020. The number of ether oxygens (including phenoxy) is 1. The molecule has 0 saturated carbocycles. The van der Waals surface area contributed by atoms with Crippen molar-refractivity contribution in [3.63, 3.8) is 0 Å². The van der Waals surface area contributed by atoms with Crippen molar-refractivity contribution in [1.82, 2.24) is 20.2 Å². The molecule has 6 rings (SSSR count). The Kier molecular flexibility index (Phi) is 10.5. The Balaban J connectivity index is 1.21. The van der Waals surface area contributed by atoms with Gasteiger partial charge in [0, 0.05) is 42.0 Å². The number of aryl methyl sites for hydroxylation is 1. The van der Waals surface area contributed by atoms with Crippen LogP contribution >= 0.6 is 0 Å². The molecule has 3 aliphatic heterocycles. The van der Waals surface area contributed by atoms with Gasteiger partial charge in [-0.15, -0.1) is 10.2 Å². The summed E-state index contributed by atoms with van der Waals surface area (Å²) in [6.07, 6.45) is 0.655. The third kappa shape index (κ3) is 7.84. The molecule has 1 saturated heterocycles. The zero-order chi connectivity index (χ0) is 38.5. The molecule has 53 heavy (non-hydrogen) atoms. The van der Waals surface area contributed by atoms with Crippen LogP contribution in [-0.4, -0.2) is 95.1 Å². The van der Waals surface area contributed by atoms with Crippen LogP contribution in [0.4, 0.5) is 17.1 Å². The number of nitrogens with one attached hydrogen (secondary N) is 1. The van der Waals surface area contributed by atoms with Crippen LogP contribution in [0.3, 0.4) is 0 Å². The molecule has 0 radical (unpaired) electrons. The summed E-state index contributed by atoms with van der Waals surface area (Å²) in [5, 5.41) is 26.9. The fourth-order valence-electron chi connectivity index (χ4n) is 7.62. The Morgan fingerprint density at radius 2 is 1.81 bits per heavy atom. The predicted molar refractivity (Wildman–Crippen MR) is 210 cm³/mol. The van der Waals surface area contributed by atoms with Crippen molar-refractivity contribution in [2.24, 2.45) is 15.5 Å². The van der Waals surface area contributed by atoms with Gasteiger partial charge in [0.15, 0.2) is 21.8 Å². The van der Waals surface area contributed by atoms with E-state index in [1.807, 2.05) is 43.0 Å². The van der Waals surface area contributed by atoms with E-state index in [0.717, 1.165) is 34.8 Å². The standard InChI is InChI=1S/C39H54N8O5S/c1-10-32(52-28-13-11-27(12-14-28)45-16-19-53(50,51)20-17-45)37(49)40-26(4)35-42-43-36-33(34(38(5,6)7)44-47(35)36)41-30-22-29-25(3)23-39(8,9)46(15-18-48)31(29)21-24(30)2/h11-14,21-22,25-26,32,48H,10,15-20,23H2,1-9H3,(H,40,49)/b41-33-. The maximum Gasteiger partial charge on any atom is 0.261 e. The van der Waals surface area contributed by atoms with Gasteiger partial charge in [0.05, 0.1) is 35.6 Å². The number of amides is 1. The van der Waals surface area contributed by atoms with Crippen molar-refractivity contribution < 1.29 is 23.1 Å². The molecule has 1 fully saturated rings. The van der Waals surface area contributed by atoms with E-state index in [2.05, 4.69) is 81.0 Å². The van der Waals surface area contributed by atoms with Crippen LogP contribution in [0.2, 0.25) is 0 Å². The number of carbonyl (C=O) groups is 1. The van der Waals surface area contributed by atoms with Gasteiger partial charge in [-0.1, -0.05) is 34.6 Å². The Morgan fingerprint density at radius 3 is 2.43 bits per heavy atom. The van der Waals surface area contributed by atoms with Gasteiger partial charge in [-0.2, -0.15) is 9.78 Å². The summed E-state index contributed by atoms with van der Waals surface area (Å²) in [5.74, 6) is 1.87. The zero-order valence-corrected chi connectivity index (χ0v) is 33.3. The number of anilines is 2. The second kappa shape index (κ2) is 14.5. The van der Waals surface area contributed by atoms with Gasteiger partial charge in [-0.25, -0.2) is 13.4 Å². The molecule has 0 aliphatic carbocycles. The van der Waals surface area contributed by atoms with E-state index in [4.69, 9.17) is 14.8 Å². The number of aromatic nitrogens is 3. The topological polar surface area (TPSA) is 155 Å². The number of aliphatic hydroxyl groups is 1. The van der Waals surface area contributed by atoms with E-state index in [1.165, 1.54) is 5.56 Å². The van der Waals surface area contributed by atoms with Crippen LogP contribution < -0.4 is 19.9 Å². The molecule has 13 nitrogen and oxygen atoms in total. The van der Waals surface area contributed by atoms with Crippen molar-refractivity contribution in [2.45, 2.75) is 98.8 Å². The molecule has 1 amide bonds. The van der Waals surface area contributed by atoms with Crippen LogP contribution in [-0.2, 0) is 14.6 Å². The molecule has 3 aliphatic rings. The van der Waals surface area contributed by atoms with Crippen LogP contribution in [0.1, 0.15) is 103 Å². The molecular weight excluding hydrogens is 693 g/mol. The summed E-state index contributed by atoms with van der Waals surface area (Å²) in [5.41, 5.74) is 6.10. The first-order valence-corrected chi connectivity index (χ1v) is 20.4. The highest BCUT2D eigenvalue weighted by atomic mass is 32.2. The van der Waals surface area contributed by atoms with Crippen molar-refractivity contribution in [2.75, 3.05) is 47.5 Å². The predicted octanol–water partition coefficient (Wildman–Crippen LogP) is 5.33. The molecule has 2 N–H and O–H groups in total. The van der Waals surface area contributed by atoms with Crippen LogP contribution in [0.25, 0.3) is 0 Å². The average molecular weight is 747 g/mol. The van der Waals surface area contributed by atoms with Crippen LogP contribution in [0.15, 0.2) is 46.5 Å². The minimum absolute atomic E-state index is 0.0799. The summed E-state index contributed by atoms with van der Waals surface area (Å²) in [6, 6.07) is 11.2. The minimum Gasteiger partial charge on any atom is -0.481 e. The number of hydrogen-bond donors (Lipinski definition) is 2. The van der Waals surface area contributed by atoms with E-state index < -0.39 is 22.0 Å². The van der Waals surface area contributed by atoms with Gasteiger partial charge >= 0.3 is 0 Å². The summed E-state index contributed by atoms with van der Waals surface area (Å²) >= 11 is 0. The van der Waals surface area contributed by atoms with Crippen molar-refractivity contribution >= 4 is 44.2 Å². The zero-order valence-electron chi connectivity index (χ0n) is 32.5. The van der Waals surface area contributed by atoms with E-state index in [-0.39, 0.29) is 35.0 Å². The fraction of sp³-hybridized carbons (Fsp3) is 0.564. The lowest BCUT2D eigenvalue weighted by atomic mass is 9.79.